The van der Waals surface area contributed by atoms with E-state index in [1.54, 1.807) is 12.3 Å². The van der Waals surface area contributed by atoms with Gasteiger partial charge in [-0.1, -0.05) is 12.1 Å². The molecular weight excluding hydrogens is 316 g/mol. The van der Waals surface area contributed by atoms with Crippen molar-refractivity contribution in [1.82, 2.24) is 15.2 Å². The van der Waals surface area contributed by atoms with Gasteiger partial charge in [0.05, 0.1) is 5.56 Å². The van der Waals surface area contributed by atoms with Crippen LogP contribution in [0, 0.1) is 6.92 Å². The highest BCUT2D eigenvalue weighted by Gasteiger charge is 2.17. The number of benzene rings is 1. The highest BCUT2D eigenvalue weighted by molar-refractivity contribution is 5.93. The molecule has 1 aromatic carbocycles. The van der Waals surface area contributed by atoms with Crippen LogP contribution in [-0.4, -0.2) is 34.9 Å². The molecule has 0 spiro atoms. The van der Waals surface area contributed by atoms with Gasteiger partial charge in [0.1, 0.15) is 0 Å². The lowest BCUT2D eigenvalue weighted by Crippen LogP contribution is -2.32. The van der Waals surface area contributed by atoms with Crippen molar-refractivity contribution in [2.24, 2.45) is 0 Å². The van der Waals surface area contributed by atoms with E-state index < -0.39 is 0 Å². The molecule has 0 bridgehead atoms. The molecule has 1 saturated heterocycles. The minimum absolute atomic E-state index is 0.0654. The summed E-state index contributed by atoms with van der Waals surface area (Å²) in [6, 6.07) is 11.0. The number of anilines is 1. The van der Waals surface area contributed by atoms with E-state index in [-0.39, 0.29) is 11.9 Å². The van der Waals surface area contributed by atoms with Crippen LogP contribution in [0.15, 0.2) is 42.6 Å². The molecule has 6 heteroatoms. The van der Waals surface area contributed by atoms with E-state index in [1.165, 1.54) is 0 Å². The number of pyridine rings is 1. The Hall–Kier alpha value is -2.89. The number of aryl methyl sites for hydroxylation is 1. The average molecular weight is 338 g/mol. The van der Waals surface area contributed by atoms with Crippen LogP contribution in [0.5, 0.6) is 0 Å². The summed E-state index contributed by atoms with van der Waals surface area (Å²) < 4.78 is 0. The van der Waals surface area contributed by atoms with E-state index in [0.29, 0.717) is 12.1 Å². The Labute approximate surface area is 147 Å². The number of amides is 3. The third-order valence-electron chi connectivity index (χ3n) is 4.20. The van der Waals surface area contributed by atoms with Crippen LogP contribution in [0.2, 0.25) is 0 Å². The van der Waals surface area contributed by atoms with Gasteiger partial charge < -0.3 is 15.5 Å². The van der Waals surface area contributed by atoms with Crippen LogP contribution in [0.4, 0.5) is 10.5 Å². The zero-order valence-electron chi connectivity index (χ0n) is 14.3. The third-order valence-corrected chi connectivity index (χ3v) is 4.20. The van der Waals surface area contributed by atoms with Crippen molar-refractivity contribution < 1.29 is 9.59 Å². The average Bonchev–Trinajstić information content (AvgIpc) is 3.15. The number of carbonyl (C=O) groups excluding carboxylic acids is 2. The summed E-state index contributed by atoms with van der Waals surface area (Å²) in [7, 11) is 0. The van der Waals surface area contributed by atoms with Gasteiger partial charge in [-0.25, -0.2) is 4.79 Å². The normalized spacial score (nSPS) is 13.6. The maximum absolute atomic E-state index is 12.1. The largest absolute Gasteiger partial charge is 0.348 e. The molecular formula is C19H22N4O2. The quantitative estimate of drug-likeness (QED) is 0.900. The van der Waals surface area contributed by atoms with Crippen molar-refractivity contribution in [2.45, 2.75) is 26.3 Å². The lowest BCUT2D eigenvalue weighted by atomic mass is 10.2. The first-order valence-corrected chi connectivity index (χ1v) is 8.47. The SMILES string of the molecule is Cc1ccc(C(=O)NCc2cccc(NC(=O)N3CCCC3)c2)cn1. The molecule has 1 fully saturated rings. The number of nitrogens with zero attached hydrogens (tertiary/aromatic N) is 2. The lowest BCUT2D eigenvalue weighted by molar-refractivity contribution is 0.0950. The molecule has 0 aliphatic carbocycles. The summed E-state index contributed by atoms with van der Waals surface area (Å²) in [4.78, 5) is 30.2. The number of rotatable bonds is 4. The summed E-state index contributed by atoms with van der Waals surface area (Å²) >= 11 is 0. The number of urea groups is 1. The topological polar surface area (TPSA) is 74.3 Å². The van der Waals surface area contributed by atoms with Crippen LogP contribution in [0.25, 0.3) is 0 Å². The fourth-order valence-electron chi connectivity index (χ4n) is 2.77. The van der Waals surface area contributed by atoms with E-state index in [1.807, 2.05) is 42.2 Å². The smallest absolute Gasteiger partial charge is 0.321 e. The van der Waals surface area contributed by atoms with Gasteiger partial charge in [-0.15, -0.1) is 0 Å². The number of hydrogen-bond acceptors (Lipinski definition) is 3. The fraction of sp³-hybridized carbons (Fsp3) is 0.316. The van der Waals surface area contributed by atoms with Crippen LogP contribution in [0.1, 0.15) is 34.5 Å². The van der Waals surface area contributed by atoms with Crippen LogP contribution in [0.3, 0.4) is 0 Å². The van der Waals surface area contributed by atoms with E-state index in [2.05, 4.69) is 15.6 Å². The molecule has 0 radical (unpaired) electrons. The summed E-state index contributed by atoms with van der Waals surface area (Å²) in [5, 5.41) is 5.78. The van der Waals surface area contributed by atoms with Crippen LogP contribution < -0.4 is 10.6 Å². The van der Waals surface area contributed by atoms with Crippen molar-refractivity contribution >= 4 is 17.6 Å². The minimum Gasteiger partial charge on any atom is -0.348 e. The lowest BCUT2D eigenvalue weighted by Gasteiger charge is -2.16. The Morgan fingerprint density at radius 2 is 1.96 bits per heavy atom. The van der Waals surface area contributed by atoms with Crippen molar-refractivity contribution in [1.29, 1.82) is 0 Å². The van der Waals surface area contributed by atoms with Gasteiger partial charge in [0.2, 0.25) is 0 Å². The molecule has 6 nitrogen and oxygen atoms in total. The Morgan fingerprint density at radius 3 is 2.68 bits per heavy atom. The molecule has 0 saturated carbocycles. The molecule has 0 atom stereocenters. The molecule has 130 valence electrons. The fourth-order valence-corrected chi connectivity index (χ4v) is 2.77. The Balaban J connectivity index is 1.56. The molecule has 1 aliphatic rings. The molecule has 3 rings (SSSR count). The van der Waals surface area contributed by atoms with Gasteiger partial charge in [0, 0.05) is 37.2 Å². The molecule has 3 amide bonds. The number of aromatic nitrogens is 1. The first-order chi connectivity index (χ1) is 12.1. The van der Waals surface area contributed by atoms with Crippen molar-refractivity contribution in [2.75, 3.05) is 18.4 Å². The summed E-state index contributed by atoms with van der Waals surface area (Å²) in [5.74, 6) is -0.168. The summed E-state index contributed by atoms with van der Waals surface area (Å²) in [5.41, 5.74) is 3.07. The van der Waals surface area contributed by atoms with Gasteiger partial charge in [0.15, 0.2) is 0 Å². The Morgan fingerprint density at radius 1 is 1.16 bits per heavy atom. The highest BCUT2D eigenvalue weighted by Crippen LogP contribution is 2.14. The first-order valence-electron chi connectivity index (χ1n) is 8.47. The zero-order valence-corrected chi connectivity index (χ0v) is 14.3. The van der Waals surface area contributed by atoms with Gasteiger partial charge in [0.25, 0.3) is 5.91 Å². The molecule has 1 aromatic heterocycles. The second kappa shape index (κ2) is 7.79. The maximum atomic E-state index is 12.1. The Kier molecular flexibility index (Phi) is 5.28. The Bertz CT molecular complexity index is 752. The first kappa shape index (κ1) is 17.0. The van der Waals surface area contributed by atoms with Crippen LogP contribution in [-0.2, 0) is 6.54 Å². The number of likely N-dealkylation sites (tertiary alicyclic amines) is 1. The third kappa shape index (κ3) is 4.56. The second-order valence-electron chi connectivity index (χ2n) is 6.20. The van der Waals surface area contributed by atoms with Gasteiger partial charge in [-0.2, -0.15) is 0 Å². The minimum atomic E-state index is -0.168. The standard InChI is InChI=1S/C19H22N4O2/c1-14-7-8-16(13-20-14)18(24)21-12-15-5-4-6-17(11-15)22-19(25)23-9-2-3-10-23/h4-8,11,13H,2-3,9-10,12H2,1H3,(H,21,24)(H,22,25). The van der Waals surface area contributed by atoms with Crippen molar-refractivity contribution in [3.05, 3.63) is 59.4 Å². The highest BCUT2D eigenvalue weighted by atomic mass is 16.2. The zero-order chi connectivity index (χ0) is 17.6. The summed E-state index contributed by atoms with van der Waals surface area (Å²) in [6.45, 7) is 3.89. The van der Waals surface area contributed by atoms with Gasteiger partial charge in [-0.3, -0.25) is 9.78 Å². The maximum Gasteiger partial charge on any atom is 0.321 e. The molecule has 1 aliphatic heterocycles. The van der Waals surface area contributed by atoms with Gasteiger partial charge >= 0.3 is 6.03 Å². The summed E-state index contributed by atoms with van der Waals surface area (Å²) in [6.07, 6.45) is 3.69. The second-order valence-corrected chi connectivity index (χ2v) is 6.20. The number of carbonyl (C=O) groups is 2. The number of hydrogen-bond donors (Lipinski definition) is 2. The van der Waals surface area contributed by atoms with Crippen molar-refractivity contribution in [3.63, 3.8) is 0 Å². The predicted molar refractivity (Wildman–Crippen MR) is 96.4 cm³/mol. The number of nitrogens with one attached hydrogen (secondary N) is 2. The van der Waals surface area contributed by atoms with E-state index in [0.717, 1.165) is 42.9 Å². The molecule has 25 heavy (non-hydrogen) atoms. The van der Waals surface area contributed by atoms with E-state index in [4.69, 9.17) is 0 Å². The van der Waals surface area contributed by atoms with Crippen molar-refractivity contribution in [3.8, 4) is 0 Å². The molecule has 2 N–H and O–H groups in total. The molecule has 2 heterocycles. The molecule has 2 aromatic rings. The van der Waals surface area contributed by atoms with E-state index in [9.17, 15) is 9.59 Å². The van der Waals surface area contributed by atoms with Gasteiger partial charge in [-0.05, 0) is 49.6 Å². The van der Waals surface area contributed by atoms with Crippen LogP contribution >= 0.6 is 0 Å². The monoisotopic (exact) mass is 338 g/mol. The predicted octanol–water partition coefficient (Wildman–Crippen LogP) is 2.95. The molecule has 0 unspecified atom stereocenters. The van der Waals surface area contributed by atoms with E-state index >= 15 is 0 Å².